The van der Waals surface area contributed by atoms with Crippen molar-refractivity contribution in [2.24, 2.45) is 22.2 Å². The van der Waals surface area contributed by atoms with Crippen LogP contribution in [0.15, 0.2) is 4.99 Å². The molecule has 100 valence electrons. The molecule has 1 saturated heterocycles. The molecule has 0 radical (unpaired) electrons. The van der Waals surface area contributed by atoms with Crippen LogP contribution in [0.4, 0.5) is 0 Å². The Morgan fingerprint density at radius 3 is 2.65 bits per heavy atom. The largest absolute Gasteiger partial charge is 0.342 e. The summed E-state index contributed by atoms with van der Waals surface area (Å²) in [6.07, 6.45) is 3.53. The maximum absolute atomic E-state index is 5.57. The second-order valence-electron chi connectivity index (χ2n) is 6.00. The lowest BCUT2D eigenvalue weighted by atomic mass is 9.80. The number of nitrogens with one attached hydrogen (secondary N) is 1. The second kappa shape index (κ2) is 6.24. The first-order valence-corrected chi connectivity index (χ1v) is 6.75. The molecule has 3 N–H and O–H groups in total. The quantitative estimate of drug-likeness (QED) is 0.261. The van der Waals surface area contributed by atoms with Crippen LogP contribution in [0.2, 0.25) is 0 Å². The fourth-order valence-corrected chi connectivity index (χ4v) is 2.24. The fourth-order valence-electron chi connectivity index (χ4n) is 2.24. The molecule has 1 fully saturated rings. The predicted molar refractivity (Wildman–Crippen MR) is 73.7 cm³/mol. The van der Waals surface area contributed by atoms with E-state index >= 15 is 0 Å². The van der Waals surface area contributed by atoms with E-state index in [9.17, 15) is 0 Å². The van der Waals surface area contributed by atoms with Crippen LogP contribution in [-0.2, 0) is 0 Å². The third-order valence-corrected chi connectivity index (χ3v) is 3.61. The number of hydrogen-bond donors (Lipinski definition) is 2. The summed E-state index contributed by atoms with van der Waals surface area (Å²) in [5, 5.41) is 0. The van der Waals surface area contributed by atoms with Gasteiger partial charge in [0.2, 0.25) is 5.96 Å². The van der Waals surface area contributed by atoms with E-state index in [0.29, 0.717) is 5.41 Å². The third kappa shape index (κ3) is 4.19. The van der Waals surface area contributed by atoms with Gasteiger partial charge in [-0.25, -0.2) is 5.84 Å². The zero-order valence-corrected chi connectivity index (χ0v) is 11.8. The highest BCUT2D eigenvalue weighted by Gasteiger charge is 2.32. The van der Waals surface area contributed by atoms with Gasteiger partial charge in [0.1, 0.15) is 0 Å². The van der Waals surface area contributed by atoms with E-state index in [-0.39, 0.29) is 0 Å². The van der Waals surface area contributed by atoms with Crippen molar-refractivity contribution in [2.45, 2.75) is 47.0 Å². The Labute approximate surface area is 106 Å². The zero-order valence-electron chi connectivity index (χ0n) is 11.8. The van der Waals surface area contributed by atoms with Gasteiger partial charge in [-0.15, -0.1) is 0 Å². The highest BCUT2D eigenvalue weighted by atomic mass is 15.4. The molecule has 4 nitrogen and oxygen atoms in total. The minimum atomic E-state index is 0.373. The first-order chi connectivity index (χ1) is 7.99. The van der Waals surface area contributed by atoms with Crippen molar-refractivity contribution < 1.29 is 0 Å². The molecule has 0 saturated carbocycles. The third-order valence-electron chi connectivity index (χ3n) is 3.61. The summed E-state index contributed by atoms with van der Waals surface area (Å²) in [6, 6.07) is 0. The van der Waals surface area contributed by atoms with Gasteiger partial charge in [0.15, 0.2) is 0 Å². The smallest absolute Gasteiger partial charge is 0.208 e. The van der Waals surface area contributed by atoms with Crippen molar-refractivity contribution in [2.75, 3.05) is 19.6 Å². The number of nitrogens with two attached hydrogens (primary N) is 1. The Morgan fingerprint density at radius 1 is 1.47 bits per heavy atom. The first-order valence-electron chi connectivity index (χ1n) is 6.75. The Bertz CT molecular complexity index is 255. The van der Waals surface area contributed by atoms with Gasteiger partial charge >= 0.3 is 0 Å². The molecule has 0 aromatic carbocycles. The average Bonchev–Trinajstić information content (AvgIpc) is 2.73. The van der Waals surface area contributed by atoms with E-state index < -0.39 is 0 Å². The minimum absolute atomic E-state index is 0.373. The molecule has 0 bridgehead atoms. The summed E-state index contributed by atoms with van der Waals surface area (Å²) >= 11 is 0. The van der Waals surface area contributed by atoms with E-state index in [2.05, 4.69) is 43.0 Å². The zero-order chi connectivity index (χ0) is 12.9. The monoisotopic (exact) mass is 240 g/mol. The van der Waals surface area contributed by atoms with Crippen LogP contribution in [0.3, 0.4) is 0 Å². The van der Waals surface area contributed by atoms with Crippen LogP contribution in [0.5, 0.6) is 0 Å². The molecule has 1 aliphatic heterocycles. The van der Waals surface area contributed by atoms with Gasteiger partial charge in [-0.05, 0) is 24.2 Å². The van der Waals surface area contributed by atoms with Gasteiger partial charge in [-0.2, -0.15) is 0 Å². The summed E-state index contributed by atoms with van der Waals surface area (Å²) in [4.78, 5) is 6.82. The minimum Gasteiger partial charge on any atom is -0.342 e. The number of guanidine groups is 1. The van der Waals surface area contributed by atoms with Gasteiger partial charge in [0.25, 0.3) is 0 Å². The van der Waals surface area contributed by atoms with E-state index in [4.69, 9.17) is 5.84 Å². The summed E-state index contributed by atoms with van der Waals surface area (Å²) in [5.74, 6) is 7.16. The second-order valence-corrected chi connectivity index (χ2v) is 6.00. The van der Waals surface area contributed by atoms with E-state index in [0.717, 1.165) is 37.9 Å². The van der Waals surface area contributed by atoms with Crippen molar-refractivity contribution >= 4 is 5.96 Å². The van der Waals surface area contributed by atoms with Gasteiger partial charge in [-0.1, -0.05) is 34.1 Å². The van der Waals surface area contributed by atoms with Gasteiger partial charge in [0.05, 0.1) is 0 Å². The molecule has 0 aromatic rings. The number of hydrazine groups is 1. The topological polar surface area (TPSA) is 53.6 Å². The summed E-state index contributed by atoms with van der Waals surface area (Å²) < 4.78 is 0. The highest BCUT2D eigenvalue weighted by molar-refractivity contribution is 5.79. The SMILES string of the molecule is CCCCN=C(NN)N1CCC(C(C)(C)C)C1. The molecule has 0 spiro atoms. The van der Waals surface area contributed by atoms with Gasteiger partial charge in [-0.3, -0.25) is 10.4 Å². The van der Waals surface area contributed by atoms with Crippen LogP contribution in [-0.4, -0.2) is 30.5 Å². The summed E-state index contributed by atoms with van der Waals surface area (Å²) in [6.45, 7) is 12.1. The maximum atomic E-state index is 5.57. The Kier molecular flexibility index (Phi) is 5.25. The van der Waals surface area contributed by atoms with Crippen molar-refractivity contribution in [3.8, 4) is 0 Å². The molecule has 1 aliphatic rings. The number of aliphatic imine (C=N–C) groups is 1. The number of hydrogen-bond acceptors (Lipinski definition) is 2. The molecule has 0 amide bonds. The van der Waals surface area contributed by atoms with Gasteiger partial charge < -0.3 is 4.90 Å². The molecule has 1 rings (SSSR count). The number of unbranched alkanes of at least 4 members (excludes halogenated alkanes) is 1. The van der Waals surface area contributed by atoms with Crippen LogP contribution in [0, 0.1) is 11.3 Å². The lowest BCUT2D eigenvalue weighted by Gasteiger charge is -2.27. The number of likely N-dealkylation sites (tertiary alicyclic amines) is 1. The van der Waals surface area contributed by atoms with Crippen LogP contribution >= 0.6 is 0 Å². The molecule has 17 heavy (non-hydrogen) atoms. The lowest BCUT2D eigenvalue weighted by Crippen LogP contribution is -2.44. The Hall–Kier alpha value is -0.770. The summed E-state index contributed by atoms with van der Waals surface area (Å²) in [5.41, 5.74) is 3.12. The molecule has 0 aliphatic carbocycles. The van der Waals surface area contributed by atoms with Gasteiger partial charge in [0, 0.05) is 19.6 Å². The predicted octanol–water partition coefficient (Wildman–Crippen LogP) is 1.97. The van der Waals surface area contributed by atoms with E-state index in [1.54, 1.807) is 0 Å². The van der Waals surface area contributed by atoms with Crippen LogP contribution in [0.1, 0.15) is 47.0 Å². The highest BCUT2D eigenvalue weighted by Crippen LogP contribution is 2.33. The molecule has 1 heterocycles. The number of rotatable bonds is 3. The van der Waals surface area contributed by atoms with Crippen molar-refractivity contribution in [1.29, 1.82) is 0 Å². The maximum Gasteiger partial charge on any atom is 0.208 e. The molecule has 1 atom stereocenters. The van der Waals surface area contributed by atoms with E-state index in [1.165, 1.54) is 12.8 Å². The molecule has 1 unspecified atom stereocenters. The van der Waals surface area contributed by atoms with E-state index in [1.807, 2.05) is 0 Å². The van der Waals surface area contributed by atoms with Crippen molar-refractivity contribution in [3.05, 3.63) is 0 Å². The van der Waals surface area contributed by atoms with Crippen molar-refractivity contribution in [1.82, 2.24) is 10.3 Å². The molecular formula is C13H28N4. The first kappa shape index (κ1) is 14.3. The molecule has 0 aromatic heterocycles. The lowest BCUT2D eigenvalue weighted by molar-refractivity contribution is 0.249. The average molecular weight is 240 g/mol. The molecular weight excluding hydrogens is 212 g/mol. The fraction of sp³-hybridized carbons (Fsp3) is 0.923. The summed E-state index contributed by atoms with van der Waals surface area (Å²) in [7, 11) is 0. The van der Waals surface area contributed by atoms with Crippen molar-refractivity contribution in [3.63, 3.8) is 0 Å². The standard InChI is InChI=1S/C13H28N4/c1-5-6-8-15-12(16-14)17-9-7-11(10-17)13(2,3)4/h11H,5-10,14H2,1-4H3,(H,15,16). The molecule has 4 heteroatoms. The normalized spacial score (nSPS) is 22.1. The Morgan fingerprint density at radius 2 is 2.18 bits per heavy atom. The van der Waals surface area contributed by atoms with Crippen LogP contribution in [0.25, 0.3) is 0 Å². The number of nitrogens with zero attached hydrogens (tertiary/aromatic N) is 2. The van der Waals surface area contributed by atoms with Crippen LogP contribution < -0.4 is 11.3 Å². The Balaban J connectivity index is 2.53.